The molecular weight excluding hydrogens is 247 g/mol. The van der Waals surface area contributed by atoms with Crippen LogP contribution in [-0.4, -0.2) is 26.9 Å². The second-order valence-electron chi connectivity index (χ2n) is 4.08. The third kappa shape index (κ3) is 2.25. The number of nitrogens with one attached hydrogen (secondary N) is 1. The predicted molar refractivity (Wildman–Crippen MR) is 60.0 cm³/mol. The van der Waals surface area contributed by atoms with Crippen molar-refractivity contribution in [3.05, 3.63) is 23.3 Å². The summed E-state index contributed by atoms with van der Waals surface area (Å²) in [6, 6.07) is 1.38. The lowest BCUT2D eigenvalue weighted by Crippen LogP contribution is -2.39. The van der Waals surface area contributed by atoms with Gasteiger partial charge in [-0.3, -0.25) is 0 Å². The molecule has 1 N–H and O–H groups in total. The summed E-state index contributed by atoms with van der Waals surface area (Å²) in [5.74, 6) is 0.772. The fourth-order valence-corrected chi connectivity index (χ4v) is 2.18. The van der Waals surface area contributed by atoms with Crippen LogP contribution in [0.1, 0.15) is 17.2 Å². The van der Waals surface area contributed by atoms with Gasteiger partial charge < -0.3 is 14.8 Å². The van der Waals surface area contributed by atoms with E-state index in [1.165, 1.54) is 20.3 Å². The molecule has 1 aliphatic rings. The van der Waals surface area contributed by atoms with Crippen molar-refractivity contribution < 1.29 is 22.6 Å². The molecule has 0 amide bonds. The van der Waals surface area contributed by atoms with Crippen LogP contribution in [0.25, 0.3) is 0 Å². The summed E-state index contributed by atoms with van der Waals surface area (Å²) in [4.78, 5) is 0. The zero-order valence-electron chi connectivity index (χ0n) is 10.1. The smallest absolute Gasteiger partial charge is 0.407 e. The van der Waals surface area contributed by atoms with Crippen LogP contribution in [0.2, 0.25) is 0 Å². The Morgan fingerprint density at radius 3 is 2.33 bits per heavy atom. The van der Waals surface area contributed by atoms with E-state index >= 15 is 0 Å². The number of hydrogen-bond donors (Lipinski definition) is 1. The molecule has 1 unspecified atom stereocenters. The van der Waals surface area contributed by atoms with Gasteiger partial charge in [0.25, 0.3) is 0 Å². The topological polar surface area (TPSA) is 30.5 Å². The Balaban J connectivity index is 2.50. The third-order valence-corrected chi connectivity index (χ3v) is 3.03. The number of hydrogen-bond acceptors (Lipinski definition) is 3. The maximum Gasteiger partial charge on any atom is 0.407 e. The Morgan fingerprint density at radius 2 is 1.78 bits per heavy atom. The van der Waals surface area contributed by atoms with Gasteiger partial charge >= 0.3 is 6.18 Å². The third-order valence-electron chi connectivity index (χ3n) is 3.03. The summed E-state index contributed by atoms with van der Waals surface area (Å²) in [7, 11) is 2.87. The summed E-state index contributed by atoms with van der Waals surface area (Å²) in [6.07, 6.45) is -3.77. The fraction of sp³-hybridized carbons (Fsp3) is 0.500. The normalized spacial score (nSPS) is 19.3. The second kappa shape index (κ2) is 4.68. The average molecular weight is 261 g/mol. The highest BCUT2D eigenvalue weighted by molar-refractivity contribution is 5.49. The minimum Gasteiger partial charge on any atom is -0.493 e. The van der Waals surface area contributed by atoms with Crippen molar-refractivity contribution in [3.8, 4) is 11.5 Å². The minimum atomic E-state index is -4.31. The summed E-state index contributed by atoms with van der Waals surface area (Å²) in [5.41, 5.74) is 0.861. The van der Waals surface area contributed by atoms with Crippen LogP contribution < -0.4 is 14.8 Å². The number of fused-ring (bicyclic) bond motifs is 1. The minimum absolute atomic E-state index is 0.214. The lowest BCUT2D eigenvalue weighted by atomic mass is 9.93. The average Bonchev–Trinajstić information content (AvgIpc) is 2.35. The maximum absolute atomic E-state index is 12.9. The predicted octanol–water partition coefficient (Wildman–Crippen LogP) is 2.45. The Kier molecular flexibility index (Phi) is 3.38. The van der Waals surface area contributed by atoms with Crippen LogP contribution in [0.3, 0.4) is 0 Å². The molecule has 0 fully saturated rings. The summed E-state index contributed by atoms with van der Waals surface area (Å²) < 4.78 is 48.9. The van der Waals surface area contributed by atoms with Crippen molar-refractivity contribution in [2.45, 2.75) is 18.6 Å². The van der Waals surface area contributed by atoms with E-state index in [0.717, 1.165) is 0 Å². The van der Waals surface area contributed by atoms with Gasteiger partial charge in [-0.2, -0.15) is 13.2 Å². The first-order valence-corrected chi connectivity index (χ1v) is 5.52. The van der Waals surface area contributed by atoms with Crippen molar-refractivity contribution in [1.29, 1.82) is 0 Å². The van der Waals surface area contributed by atoms with Crippen LogP contribution >= 0.6 is 0 Å². The molecule has 0 saturated carbocycles. The zero-order valence-corrected chi connectivity index (χ0v) is 10.1. The number of halogens is 3. The van der Waals surface area contributed by atoms with E-state index in [4.69, 9.17) is 9.47 Å². The first kappa shape index (κ1) is 13.0. The van der Waals surface area contributed by atoms with Gasteiger partial charge in [0.15, 0.2) is 11.5 Å². The summed E-state index contributed by atoms with van der Waals surface area (Å²) in [6.45, 7) is 0.298. The van der Waals surface area contributed by atoms with Gasteiger partial charge in [-0.1, -0.05) is 0 Å². The van der Waals surface area contributed by atoms with Gasteiger partial charge in [0.05, 0.1) is 14.2 Å². The molecular formula is C12H14F3NO2. The van der Waals surface area contributed by atoms with Crippen molar-refractivity contribution in [3.63, 3.8) is 0 Å². The highest BCUT2D eigenvalue weighted by Crippen LogP contribution is 2.41. The molecule has 0 saturated heterocycles. The number of benzene rings is 1. The van der Waals surface area contributed by atoms with Gasteiger partial charge in [0.1, 0.15) is 6.04 Å². The SMILES string of the molecule is COc1cc2c(cc1OC)C(C(F)(F)F)NCC2. The molecule has 0 spiro atoms. The van der Waals surface area contributed by atoms with E-state index in [0.29, 0.717) is 30.0 Å². The Labute approximate surface area is 103 Å². The lowest BCUT2D eigenvalue weighted by Gasteiger charge is -2.29. The number of ether oxygens (including phenoxy) is 2. The van der Waals surface area contributed by atoms with Gasteiger partial charge in [0, 0.05) is 6.54 Å². The molecule has 3 nitrogen and oxygen atoms in total. The van der Waals surface area contributed by atoms with Crippen LogP contribution in [0.5, 0.6) is 11.5 Å². The Hall–Kier alpha value is -1.43. The molecule has 1 aliphatic heterocycles. The van der Waals surface area contributed by atoms with Crippen LogP contribution in [0.4, 0.5) is 13.2 Å². The largest absolute Gasteiger partial charge is 0.493 e. The molecule has 100 valence electrons. The number of methoxy groups -OCH3 is 2. The van der Waals surface area contributed by atoms with E-state index in [9.17, 15) is 13.2 Å². The van der Waals surface area contributed by atoms with E-state index in [1.807, 2.05) is 0 Å². The molecule has 1 aromatic carbocycles. The highest BCUT2D eigenvalue weighted by Gasteiger charge is 2.43. The fourth-order valence-electron chi connectivity index (χ4n) is 2.18. The molecule has 1 heterocycles. The summed E-state index contributed by atoms with van der Waals surface area (Å²) in [5, 5.41) is 2.48. The maximum atomic E-state index is 12.9. The quantitative estimate of drug-likeness (QED) is 0.887. The second-order valence-corrected chi connectivity index (χ2v) is 4.08. The molecule has 0 radical (unpaired) electrons. The van der Waals surface area contributed by atoms with E-state index in [-0.39, 0.29) is 5.56 Å². The Morgan fingerprint density at radius 1 is 1.17 bits per heavy atom. The van der Waals surface area contributed by atoms with Crippen molar-refractivity contribution in [1.82, 2.24) is 5.32 Å². The van der Waals surface area contributed by atoms with Crippen LogP contribution in [0, 0.1) is 0 Å². The molecule has 1 atom stereocenters. The van der Waals surface area contributed by atoms with E-state index in [1.54, 1.807) is 6.07 Å². The van der Waals surface area contributed by atoms with Gasteiger partial charge in [-0.25, -0.2) is 0 Å². The lowest BCUT2D eigenvalue weighted by molar-refractivity contribution is -0.158. The van der Waals surface area contributed by atoms with Crippen molar-refractivity contribution in [2.24, 2.45) is 0 Å². The van der Waals surface area contributed by atoms with Crippen molar-refractivity contribution >= 4 is 0 Å². The molecule has 0 aromatic heterocycles. The van der Waals surface area contributed by atoms with Gasteiger partial charge in [-0.05, 0) is 29.7 Å². The number of rotatable bonds is 2. The van der Waals surface area contributed by atoms with Gasteiger partial charge in [-0.15, -0.1) is 0 Å². The van der Waals surface area contributed by atoms with Crippen molar-refractivity contribution in [2.75, 3.05) is 20.8 Å². The summed E-state index contributed by atoms with van der Waals surface area (Å²) >= 11 is 0. The molecule has 1 aromatic rings. The Bertz CT molecular complexity index is 446. The molecule has 2 rings (SSSR count). The molecule has 18 heavy (non-hydrogen) atoms. The van der Waals surface area contributed by atoms with E-state index in [2.05, 4.69) is 5.32 Å². The number of alkyl halides is 3. The van der Waals surface area contributed by atoms with Gasteiger partial charge in [0.2, 0.25) is 0 Å². The highest BCUT2D eigenvalue weighted by atomic mass is 19.4. The molecule has 0 aliphatic carbocycles. The van der Waals surface area contributed by atoms with Crippen LogP contribution in [-0.2, 0) is 6.42 Å². The standard InChI is InChI=1S/C12H14F3NO2/c1-17-9-5-7-3-4-16-11(12(13,14)15)8(7)6-10(9)18-2/h5-6,11,16H,3-4H2,1-2H3. The molecule has 6 heteroatoms. The first-order valence-electron chi connectivity index (χ1n) is 5.52. The van der Waals surface area contributed by atoms with E-state index < -0.39 is 12.2 Å². The van der Waals surface area contributed by atoms with Crippen LogP contribution in [0.15, 0.2) is 12.1 Å². The monoisotopic (exact) mass is 261 g/mol. The molecule has 0 bridgehead atoms. The zero-order chi connectivity index (χ0) is 13.3. The first-order chi connectivity index (χ1) is 8.47.